The Morgan fingerprint density at radius 1 is 1.09 bits per heavy atom. The third kappa shape index (κ3) is 10.6. The van der Waals surface area contributed by atoms with Crippen molar-refractivity contribution in [3.05, 3.63) is 81.8 Å². The van der Waals surface area contributed by atoms with Gasteiger partial charge in [-0.25, -0.2) is 4.98 Å². The van der Waals surface area contributed by atoms with E-state index in [2.05, 4.69) is 20.9 Å². The van der Waals surface area contributed by atoms with E-state index in [-0.39, 0.29) is 43.6 Å². The predicted octanol–water partition coefficient (Wildman–Crippen LogP) is 2.29. The number of benzene rings is 2. The molecule has 250 valence electrons. The summed E-state index contributed by atoms with van der Waals surface area (Å²) in [6.07, 6.45) is 1.48. The maximum Gasteiger partial charge on any atom is 0.255 e. The van der Waals surface area contributed by atoms with Crippen molar-refractivity contribution < 1.29 is 28.7 Å². The number of nitrogens with zero attached hydrogens (tertiary/aromatic N) is 2. The lowest BCUT2D eigenvalue weighted by atomic mass is 10.0. The highest BCUT2D eigenvalue weighted by atomic mass is 32.1. The molecule has 0 fully saturated rings. The van der Waals surface area contributed by atoms with E-state index in [0.717, 1.165) is 16.3 Å². The molecule has 1 aliphatic heterocycles. The summed E-state index contributed by atoms with van der Waals surface area (Å²) in [6, 6.07) is 13.7. The van der Waals surface area contributed by atoms with Crippen LogP contribution in [0.15, 0.2) is 60.0 Å². The Kier molecular flexibility index (Phi) is 12.9. The summed E-state index contributed by atoms with van der Waals surface area (Å²) in [4.78, 5) is 71.5. The van der Waals surface area contributed by atoms with Crippen molar-refractivity contribution in [1.29, 1.82) is 0 Å². The van der Waals surface area contributed by atoms with Gasteiger partial charge >= 0.3 is 0 Å². The molecule has 5 N–H and O–H groups in total. The molecule has 4 rings (SSSR count). The van der Waals surface area contributed by atoms with Crippen molar-refractivity contribution in [1.82, 2.24) is 25.8 Å². The summed E-state index contributed by atoms with van der Waals surface area (Å²) in [5.41, 5.74) is 7.52. The van der Waals surface area contributed by atoms with Crippen LogP contribution in [-0.2, 0) is 32.0 Å². The molecular formula is C34H42N6O6S. The topological polar surface area (TPSA) is 173 Å². The molecule has 0 spiro atoms. The van der Waals surface area contributed by atoms with Gasteiger partial charge in [-0.3, -0.25) is 24.0 Å². The second kappa shape index (κ2) is 17.2. The number of thiazole rings is 1. The number of amides is 5. The molecule has 3 atom stereocenters. The zero-order valence-corrected chi connectivity index (χ0v) is 27.5. The number of nitrogens with two attached hydrogens (primary N) is 1. The predicted molar refractivity (Wildman–Crippen MR) is 178 cm³/mol. The quantitative estimate of drug-likeness (QED) is 0.241. The SMILES string of the molecule is Cc1csc(CCCNC(=O)[C@@H]2CCC(=O)N[C@@H](CCC(N)=O)C(=O)N(C)[C@H](Cc3ccccc3)COc3ccccc3C(=O)N2)n1. The molecule has 47 heavy (non-hydrogen) atoms. The van der Waals surface area contributed by atoms with E-state index in [9.17, 15) is 24.0 Å². The van der Waals surface area contributed by atoms with Crippen LogP contribution < -0.4 is 26.4 Å². The van der Waals surface area contributed by atoms with Crippen molar-refractivity contribution in [2.75, 3.05) is 20.2 Å². The number of likely N-dealkylation sites (N-methyl/N-ethyl adjacent to an activating group) is 1. The maximum atomic E-state index is 13.8. The Bertz CT molecular complexity index is 1550. The van der Waals surface area contributed by atoms with Gasteiger partial charge in [-0.05, 0) is 50.3 Å². The number of primary amides is 1. The highest BCUT2D eigenvalue weighted by Crippen LogP contribution is 2.21. The fourth-order valence-electron chi connectivity index (χ4n) is 5.27. The molecule has 0 saturated heterocycles. The number of ether oxygens (including phenoxy) is 1. The molecule has 1 aliphatic rings. The minimum absolute atomic E-state index is 0.00522. The van der Waals surface area contributed by atoms with Gasteiger partial charge in [0.2, 0.25) is 23.6 Å². The number of nitrogens with one attached hydrogen (secondary N) is 3. The van der Waals surface area contributed by atoms with Gasteiger partial charge in [0, 0.05) is 43.9 Å². The van der Waals surface area contributed by atoms with Crippen LogP contribution in [-0.4, -0.2) is 77.7 Å². The second-order valence-electron chi connectivity index (χ2n) is 11.6. The minimum atomic E-state index is -1.04. The zero-order valence-electron chi connectivity index (χ0n) is 26.7. The number of carbonyl (C=O) groups is 5. The van der Waals surface area contributed by atoms with E-state index in [0.29, 0.717) is 25.8 Å². The number of carbonyl (C=O) groups excluding carboxylic acids is 5. The van der Waals surface area contributed by atoms with Crippen LogP contribution in [0.3, 0.4) is 0 Å². The maximum absolute atomic E-state index is 13.8. The number of hydrogen-bond acceptors (Lipinski definition) is 8. The molecule has 12 nitrogen and oxygen atoms in total. The van der Waals surface area contributed by atoms with Gasteiger partial charge in [-0.1, -0.05) is 42.5 Å². The molecule has 0 unspecified atom stereocenters. The van der Waals surface area contributed by atoms with Crippen LogP contribution in [0.25, 0.3) is 0 Å². The molecule has 0 aliphatic carbocycles. The van der Waals surface area contributed by atoms with E-state index in [1.165, 1.54) is 4.90 Å². The highest BCUT2D eigenvalue weighted by molar-refractivity contribution is 7.09. The first kappa shape index (κ1) is 35.1. The molecule has 13 heteroatoms. The lowest BCUT2D eigenvalue weighted by molar-refractivity contribution is -0.138. The monoisotopic (exact) mass is 662 g/mol. The van der Waals surface area contributed by atoms with Gasteiger partial charge in [0.05, 0.1) is 16.6 Å². The second-order valence-corrected chi connectivity index (χ2v) is 12.5. The Balaban J connectivity index is 1.57. The minimum Gasteiger partial charge on any atom is -0.491 e. The van der Waals surface area contributed by atoms with Gasteiger partial charge in [0.25, 0.3) is 5.91 Å². The van der Waals surface area contributed by atoms with E-state index in [1.807, 2.05) is 42.6 Å². The summed E-state index contributed by atoms with van der Waals surface area (Å²) >= 11 is 1.56. The number of aromatic nitrogens is 1. The summed E-state index contributed by atoms with van der Waals surface area (Å²) in [6.45, 7) is 2.31. The van der Waals surface area contributed by atoms with Crippen LogP contribution in [0.2, 0.25) is 0 Å². The zero-order chi connectivity index (χ0) is 33.8. The van der Waals surface area contributed by atoms with Crippen molar-refractivity contribution >= 4 is 40.9 Å². The lowest BCUT2D eigenvalue weighted by Gasteiger charge is -2.32. The van der Waals surface area contributed by atoms with Gasteiger partial charge < -0.3 is 31.3 Å². The van der Waals surface area contributed by atoms with Gasteiger partial charge in [0.1, 0.15) is 24.4 Å². The summed E-state index contributed by atoms with van der Waals surface area (Å²) in [7, 11) is 1.62. The molecule has 0 saturated carbocycles. The number of aryl methyl sites for hydroxylation is 2. The molecule has 0 radical (unpaired) electrons. The Morgan fingerprint density at radius 2 is 1.83 bits per heavy atom. The van der Waals surface area contributed by atoms with Gasteiger partial charge in [-0.2, -0.15) is 0 Å². The van der Waals surface area contributed by atoms with Crippen LogP contribution in [0.1, 0.15) is 58.7 Å². The third-order valence-electron chi connectivity index (χ3n) is 7.90. The fraction of sp³-hybridized carbons (Fsp3) is 0.412. The van der Waals surface area contributed by atoms with Crippen LogP contribution in [0, 0.1) is 6.92 Å². The molecule has 3 aromatic rings. The average Bonchev–Trinajstić information content (AvgIpc) is 3.48. The van der Waals surface area contributed by atoms with E-state index >= 15 is 0 Å². The largest absolute Gasteiger partial charge is 0.491 e. The van der Waals surface area contributed by atoms with Crippen LogP contribution >= 0.6 is 11.3 Å². The summed E-state index contributed by atoms with van der Waals surface area (Å²) < 4.78 is 6.19. The molecule has 5 amide bonds. The fourth-order valence-corrected chi connectivity index (χ4v) is 6.09. The first-order valence-corrected chi connectivity index (χ1v) is 16.6. The standard InChI is InChI=1S/C34H42N6O6S/c1-22-21-47-31(37-22)13-8-18-36-33(44)26-15-17-30(42)38-27(14-16-29(35)41)34(45)40(2)24(19-23-9-4-3-5-10-23)20-46-28-12-7-6-11-25(28)32(43)39-26/h3-7,9-12,21,24,26-27H,8,13-20H2,1-2H3,(H2,35,41)(H,36,44)(H,38,42)(H,39,43)/t24-,26+,27+/m1/s1. The molecule has 1 aromatic heterocycles. The number of rotatable bonds is 10. The van der Waals surface area contributed by atoms with E-state index in [1.54, 1.807) is 42.6 Å². The molecule has 2 heterocycles. The van der Waals surface area contributed by atoms with Gasteiger partial charge in [-0.15, -0.1) is 11.3 Å². The smallest absolute Gasteiger partial charge is 0.255 e. The Hall–Kier alpha value is -4.78. The Labute approximate surface area is 278 Å². The highest BCUT2D eigenvalue weighted by Gasteiger charge is 2.31. The van der Waals surface area contributed by atoms with E-state index in [4.69, 9.17) is 10.5 Å². The summed E-state index contributed by atoms with van der Waals surface area (Å²) in [5, 5.41) is 11.3. The summed E-state index contributed by atoms with van der Waals surface area (Å²) in [5.74, 6) is -2.19. The lowest BCUT2D eigenvalue weighted by Crippen LogP contribution is -2.52. The molecule has 2 aromatic carbocycles. The average molecular weight is 663 g/mol. The molecule has 0 bridgehead atoms. The van der Waals surface area contributed by atoms with Crippen molar-refractivity contribution in [3.63, 3.8) is 0 Å². The first-order valence-electron chi connectivity index (χ1n) is 15.7. The van der Waals surface area contributed by atoms with Crippen molar-refractivity contribution in [2.24, 2.45) is 5.73 Å². The van der Waals surface area contributed by atoms with Gasteiger partial charge in [0.15, 0.2) is 0 Å². The Morgan fingerprint density at radius 3 is 2.55 bits per heavy atom. The number of fused-ring (bicyclic) bond motifs is 1. The third-order valence-corrected chi connectivity index (χ3v) is 8.93. The first-order chi connectivity index (χ1) is 22.6. The van der Waals surface area contributed by atoms with Crippen molar-refractivity contribution in [2.45, 2.75) is 70.0 Å². The molecular weight excluding hydrogens is 620 g/mol. The van der Waals surface area contributed by atoms with E-state index < -0.39 is 47.7 Å². The van der Waals surface area contributed by atoms with Crippen LogP contribution in [0.5, 0.6) is 5.75 Å². The van der Waals surface area contributed by atoms with Crippen molar-refractivity contribution in [3.8, 4) is 5.75 Å². The number of hydrogen-bond donors (Lipinski definition) is 4. The van der Waals surface area contributed by atoms with Crippen LogP contribution in [0.4, 0.5) is 0 Å². The normalized spacial score (nSPS) is 19.3. The number of para-hydroxylation sites is 1.